The topological polar surface area (TPSA) is 64.1 Å². The average molecular weight is 253 g/mol. The van der Waals surface area contributed by atoms with E-state index in [9.17, 15) is 5.11 Å². The molecule has 0 fully saturated rings. The average Bonchev–Trinajstić information content (AvgIpc) is 2.76. The van der Waals surface area contributed by atoms with Gasteiger partial charge in [0.15, 0.2) is 0 Å². The zero-order valence-corrected chi connectivity index (χ0v) is 10.7. The van der Waals surface area contributed by atoms with Gasteiger partial charge in [-0.25, -0.2) is 0 Å². The summed E-state index contributed by atoms with van der Waals surface area (Å²) >= 11 is 0. The van der Waals surface area contributed by atoms with E-state index in [0.717, 1.165) is 27.7 Å². The molecule has 2 aromatic heterocycles. The van der Waals surface area contributed by atoms with E-state index < -0.39 is 0 Å². The van der Waals surface area contributed by atoms with Crippen molar-refractivity contribution in [1.29, 1.82) is 0 Å². The van der Waals surface area contributed by atoms with Gasteiger partial charge < -0.3 is 15.4 Å². The van der Waals surface area contributed by atoms with E-state index in [-0.39, 0.29) is 5.75 Å². The van der Waals surface area contributed by atoms with Crippen molar-refractivity contribution in [2.75, 3.05) is 0 Å². The van der Waals surface area contributed by atoms with Gasteiger partial charge in [-0.2, -0.15) is 0 Å². The number of aromatic hydroxyl groups is 1. The highest BCUT2D eigenvalue weighted by Crippen LogP contribution is 2.31. The molecule has 0 aliphatic heterocycles. The minimum atomic E-state index is 0.268. The van der Waals surface area contributed by atoms with Crippen LogP contribution in [0.3, 0.4) is 0 Å². The Hall–Kier alpha value is -2.33. The highest BCUT2D eigenvalue weighted by atomic mass is 16.3. The normalized spacial score (nSPS) is 11.1. The Labute approximate surface area is 111 Å². The summed E-state index contributed by atoms with van der Waals surface area (Å²) in [5.74, 6) is 0.268. The number of pyridine rings is 1. The molecule has 0 spiro atoms. The third kappa shape index (κ3) is 1.96. The summed E-state index contributed by atoms with van der Waals surface area (Å²) in [6.45, 7) is 0.501. The highest BCUT2D eigenvalue weighted by Gasteiger charge is 2.10. The van der Waals surface area contributed by atoms with Crippen molar-refractivity contribution in [2.45, 2.75) is 6.54 Å². The van der Waals surface area contributed by atoms with Crippen molar-refractivity contribution >= 4 is 10.9 Å². The molecule has 0 radical (unpaired) electrons. The highest BCUT2D eigenvalue weighted by molar-refractivity contribution is 5.95. The summed E-state index contributed by atoms with van der Waals surface area (Å²) in [7, 11) is 1.96. The number of hydrogen-bond acceptors (Lipinski definition) is 3. The third-order valence-corrected chi connectivity index (χ3v) is 3.31. The first kappa shape index (κ1) is 11.7. The van der Waals surface area contributed by atoms with Crippen LogP contribution < -0.4 is 5.73 Å². The smallest absolute Gasteiger partial charge is 0.117 e. The number of benzene rings is 1. The molecule has 0 saturated heterocycles. The van der Waals surface area contributed by atoms with Crippen LogP contribution in [0.4, 0.5) is 0 Å². The standard InChI is InChI=1S/C15H15N3O/c1-18-9-13(12-3-2-11(19)7-15(12)18)14-6-10(8-16)4-5-17-14/h2-7,9,19H,8,16H2,1H3. The maximum atomic E-state index is 9.57. The fourth-order valence-electron chi connectivity index (χ4n) is 2.33. The van der Waals surface area contributed by atoms with E-state index in [1.165, 1.54) is 0 Å². The lowest BCUT2D eigenvalue weighted by Crippen LogP contribution is -1.96. The number of aromatic nitrogens is 2. The maximum absolute atomic E-state index is 9.57. The van der Waals surface area contributed by atoms with Crippen LogP contribution in [0.15, 0.2) is 42.7 Å². The van der Waals surface area contributed by atoms with Crippen molar-refractivity contribution in [3.63, 3.8) is 0 Å². The van der Waals surface area contributed by atoms with E-state index in [2.05, 4.69) is 4.98 Å². The van der Waals surface area contributed by atoms with Gasteiger partial charge in [-0.3, -0.25) is 4.98 Å². The largest absolute Gasteiger partial charge is 0.508 e. The lowest BCUT2D eigenvalue weighted by Gasteiger charge is -2.01. The molecule has 3 aromatic rings. The van der Waals surface area contributed by atoms with E-state index in [4.69, 9.17) is 5.73 Å². The van der Waals surface area contributed by atoms with Crippen molar-refractivity contribution < 1.29 is 5.11 Å². The van der Waals surface area contributed by atoms with Crippen molar-refractivity contribution in [1.82, 2.24) is 9.55 Å². The molecule has 0 bridgehead atoms. The number of nitrogens with two attached hydrogens (primary N) is 1. The van der Waals surface area contributed by atoms with Gasteiger partial charge in [0.1, 0.15) is 5.75 Å². The Morgan fingerprint density at radius 2 is 2.11 bits per heavy atom. The SMILES string of the molecule is Cn1cc(-c2cc(CN)ccn2)c2ccc(O)cc21. The number of phenols is 1. The van der Waals surface area contributed by atoms with Crippen LogP contribution in [0.25, 0.3) is 22.2 Å². The molecule has 3 N–H and O–H groups in total. The number of hydrogen-bond donors (Lipinski definition) is 2. The lowest BCUT2D eigenvalue weighted by molar-refractivity contribution is 0.476. The van der Waals surface area contributed by atoms with Crippen LogP contribution in [0.1, 0.15) is 5.56 Å². The minimum Gasteiger partial charge on any atom is -0.508 e. The molecule has 0 saturated carbocycles. The van der Waals surface area contributed by atoms with Gasteiger partial charge in [0.05, 0.1) is 11.2 Å². The quantitative estimate of drug-likeness (QED) is 0.737. The molecule has 4 heteroatoms. The number of fused-ring (bicyclic) bond motifs is 1. The summed E-state index contributed by atoms with van der Waals surface area (Å²) in [5.41, 5.74) is 9.66. The maximum Gasteiger partial charge on any atom is 0.117 e. The Morgan fingerprint density at radius 3 is 2.89 bits per heavy atom. The van der Waals surface area contributed by atoms with Gasteiger partial charge in [-0.1, -0.05) is 0 Å². The molecule has 3 rings (SSSR count). The van der Waals surface area contributed by atoms with Crippen LogP contribution in [0.2, 0.25) is 0 Å². The van der Waals surface area contributed by atoms with Crippen molar-refractivity contribution in [3.8, 4) is 17.0 Å². The van der Waals surface area contributed by atoms with Crippen LogP contribution in [0, 0.1) is 0 Å². The molecule has 0 aliphatic rings. The fourth-order valence-corrected chi connectivity index (χ4v) is 2.33. The first-order valence-corrected chi connectivity index (χ1v) is 6.12. The summed E-state index contributed by atoms with van der Waals surface area (Å²) in [6, 6.07) is 9.28. The Balaban J connectivity index is 2.25. The predicted molar refractivity (Wildman–Crippen MR) is 75.7 cm³/mol. The molecular weight excluding hydrogens is 238 g/mol. The first-order valence-electron chi connectivity index (χ1n) is 6.12. The van der Waals surface area contributed by atoms with E-state index in [0.29, 0.717) is 6.54 Å². The molecule has 0 aliphatic carbocycles. The molecule has 1 aromatic carbocycles. The zero-order chi connectivity index (χ0) is 13.4. The lowest BCUT2D eigenvalue weighted by atomic mass is 10.1. The predicted octanol–water partition coefficient (Wildman–Crippen LogP) is 2.40. The Bertz CT molecular complexity index is 746. The molecule has 0 unspecified atom stereocenters. The summed E-state index contributed by atoms with van der Waals surface area (Å²) in [5, 5.41) is 10.6. The molecule has 0 amide bonds. The van der Waals surface area contributed by atoms with Gasteiger partial charge in [0.2, 0.25) is 0 Å². The molecule has 2 heterocycles. The Morgan fingerprint density at radius 1 is 1.26 bits per heavy atom. The van der Waals surface area contributed by atoms with Gasteiger partial charge in [0, 0.05) is 43.0 Å². The number of aryl methyl sites for hydroxylation is 1. The molecular formula is C15H15N3O. The fraction of sp³-hybridized carbons (Fsp3) is 0.133. The molecule has 4 nitrogen and oxygen atoms in total. The molecule has 96 valence electrons. The van der Waals surface area contributed by atoms with Gasteiger partial charge in [-0.15, -0.1) is 0 Å². The summed E-state index contributed by atoms with van der Waals surface area (Å²) in [4.78, 5) is 4.41. The second kappa shape index (κ2) is 4.40. The monoisotopic (exact) mass is 253 g/mol. The third-order valence-electron chi connectivity index (χ3n) is 3.31. The number of nitrogens with zero attached hydrogens (tertiary/aromatic N) is 2. The van der Waals surface area contributed by atoms with Gasteiger partial charge >= 0.3 is 0 Å². The second-order valence-electron chi connectivity index (χ2n) is 4.61. The van der Waals surface area contributed by atoms with Crippen LogP contribution in [-0.2, 0) is 13.6 Å². The Kier molecular flexibility index (Phi) is 2.72. The van der Waals surface area contributed by atoms with E-state index in [1.807, 2.05) is 36.0 Å². The van der Waals surface area contributed by atoms with Crippen LogP contribution in [0.5, 0.6) is 5.75 Å². The summed E-state index contributed by atoms with van der Waals surface area (Å²) in [6.07, 6.45) is 3.80. The van der Waals surface area contributed by atoms with Crippen molar-refractivity contribution in [2.24, 2.45) is 12.8 Å². The zero-order valence-electron chi connectivity index (χ0n) is 10.7. The van der Waals surface area contributed by atoms with Crippen LogP contribution >= 0.6 is 0 Å². The van der Waals surface area contributed by atoms with Crippen molar-refractivity contribution in [3.05, 3.63) is 48.3 Å². The van der Waals surface area contributed by atoms with Crippen LogP contribution in [-0.4, -0.2) is 14.7 Å². The second-order valence-corrected chi connectivity index (χ2v) is 4.61. The number of rotatable bonds is 2. The first-order chi connectivity index (χ1) is 9.19. The van der Waals surface area contributed by atoms with E-state index >= 15 is 0 Å². The van der Waals surface area contributed by atoms with Gasteiger partial charge in [0.25, 0.3) is 0 Å². The van der Waals surface area contributed by atoms with E-state index in [1.54, 1.807) is 18.3 Å². The minimum absolute atomic E-state index is 0.268. The molecule has 0 atom stereocenters. The van der Waals surface area contributed by atoms with Gasteiger partial charge in [-0.05, 0) is 29.8 Å². The molecule has 19 heavy (non-hydrogen) atoms. The summed E-state index contributed by atoms with van der Waals surface area (Å²) < 4.78 is 1.99. The number of phenolic OH excluding ortho intramolecular Hbond substituents is 1.